The molecule has 0 aliphatic heterocycles. The minimum absolute atomic E-state index is 0.0412. The van der Waals surface area contributed by atoms with Crippen LogP contribution in [0.25, 0.3) is 0 Å². The van der Waals surface area contributed by atoms with Gasteiger partial charge in [0, 0.05) is 19.3 Å². The van der Waals surface area contributed by atoms with Crippen molar-refractivity contribution in [1.29, 1.82) is 0 Å². The minimum atomic E-state index is -1.13. The highest BCUT2D eigenvalue weighted by atomic mass is 16.6. The molecule has 55 heavy (non-hydrogen) atoms. The monoisotopic (exact) mass is 776 g/mol. The Labute approximate surface area is 338 Å². The van der Waals surface area contributed by atoms with Gasteiger partial charge in [-0.15, -0.1) is 0 Å². The number of likely N-dealkylation sites (N-methyl/N-ethyl adjacent to an activating group) is 1. The van der Waals surface area contributed by atoms with Crippen molar-refractivity contribution in [3.63, 3.8) is 0 Å². The van der Waals surface area contributed by atoms with Gasteiger partial charge in [-0.05, 0) is 51.4 Å². The zero-order valence-corrected chi connectivity index (χ0v) is 36.3. The standard InChI is InChI=1S/C47H85NO7/c1-6-8-10-12-14-16-17-18-19-20-21-22-23-24-25-26-27-28-30-31-33-35-37-45(49)54-42-43(41-53-40-39-44(47(51)52)48(3,4)5)55-46(50)38-36-34-32-29-15-13-11-9-7-2/h14,16,18-19,21-22,43-44H,6-13,15,17,20,23-42H2,1-5H3/b16-14+,19-18+,22-21+. The Morgan fingerprint density at radius 3 is 1.45 bits per heavy atom. The number of unbranched alkanes of at least 4 members (excludes halogenated alkanes) is 20. The number of hydrogen-bond acceptors (Lipinski definition) is 7. The number of quaternary nitrogens is 1. The van der Waals surface area contributed by atoms with E-state index in [0.717, 1.165) is 51.4 Å². The molecule has 8 heteroatoms. The largest absolute Gasteiger partial charge is 0.544 e. The molecule has 2 atom stereocenters. The lowest BCUT2D eigenvalue weighted by Gasteiger charge is -2.34. The molecule has 0 aromatic carbocycles. The maximum Gasteiger partial charge on any atom is 0.306 e. The molecule has 320 valence electrons. The zero-order chi connectivity index (χ0) is 40.7. The van der Waals surface area contributed by atoms with E-state index in [0.29, 0.717) is 12.8 Å². The van der Waals surface area contributed by atoms with Gasteiger partial charge in [-0.3, -0.25) is 9.59 Å². The molecule has 0 fully saturated rings. The fraction of sp³-hybridized carbons (Fsp3) is 0.809. The second-order valence-corrected chi connectivity index (χ2v) is 16.3. The number of allylic oxidation sites excluding steroid dienone is 6. The van der Waals surface area contributed by atoms with Gasteiger partial charge in [-0.25, -0.2) is 0 Å². The molecule has 0 N–H and O–H groups in total. The van der Waals surface area contributed by atoms with E-state index in [-0.39, 0.29) is 42.7 Å². The summed E-state index contributed by atoms with van der Waals surface area (Å²) in [7, 11) is 5.40. The maximum absolute atomic E-state index is 12.6. The first-order chi connectivity index (χ1) is 26.6. The third-order valence-corrected chi connectivity index (χ3v) is 10.0. The molecule has 2 unspecified atom stereocenters. The van der Waals surface area contributed by atoms with Crippen LogP contribution in [-0.4, -0.2) is 75.5 Å². The van der Waals surface area contributed by atoms with Gasteiger partial charge < -0.3 is 28.6 Å². The number of esters is 2. The highest BCUT2D eigenvalue weighted by molar-refractivity contribution is 5.70. The summed E-state index contributed by atoms with van der Waals surface area (Å²) in [6.45, 7) is 4.61. The average molecular weight is 776 g/mol. The quantitative estimate of drug-likeness (QED) is 0.0264. The summed E-state index contributed by atoms with van der Waals surface area (Å²) in [5.41, 5.74) is 0. The summed E-state index contributed by atoms with van der Waals surface area (Å²) < 4.78 is 17.1. The van der Waals surface area contributed by atoms with Crippen LogP contribution in [0.1, 0.15) is 194 Å². The number of ether oxygens (including phenoxy) is 3. The number of carbonyl (C=O) groups is 3. The van der Waals surface area contributed by atoms with Crippen LogP contribution in [0.3, 0.4) is 0 Å². The smallest absolute Gasteiger partial charge is 0.306 e. The van der Waals surface area contributed by atoms with Gasteiger partial charge in [0.25, 0.3) is 0 Å². The van der Waals surface area contributed by atoms with E-state index in [4.69, 9.17) is 14.2 Å². The molecule has 0 amide bonds. The Bertz CT molecular complexity index is 1000. The Balaban J connectivity index is 4.20. The second-order valence-electron chi connectivity index (χ2n) is 16.3. The topological polar surface area (TPSA) is 102 Å². The molecule has 0 spiro atoms. The van der Waals surface area contributed by atoms with Crippen LogP contribution < -0.4 is 5.11 Å². The summed E-state index contributed by atoms with van der Waals surface area (Å²) in [5.74, 6) is -1.74. The van der Waals surface area contributed by atoms with Crippen LogP contribution in [0.2, 0.25) is 0 Å². The van der Waals surface area contributed by atoms with E-state index >= 15 is 0 Å². The van der Waals surface area contributed by atoms with Crippen molar-refractivity contribution in [3.05, 3.63) is 36.5 Å². The van der Waals surface area contributed by atoms with Gasteiger partial charge in [0.05, 0.1) is 40.3 Å². The lowest BCUT2D eigenvalue weighted by Crippen LogP contribution is -2.55. The molecular formula is C47H85NO7. The van der Waals surface area contributed by atoms with E-state index in [9.17, 15) is 19.5 Å². The molecule has 0 aromatic heterocycles. The van der Waals surface area contributed by atoms with Crippen LogP contribution in [-0.2, 0) is 28.6 Å². The predicted molar refractivity (Wildman–Crippen MR) is 227 cm³/mol. The number of nitrogens with zero attached hydrogens (tertiary/aromatic N) is 1. The van der Waals surface area contributed by atoms with Crippen LogP contribution in [0.15, 0.2) is 36.5 Å². The fourth-order valence-corrected chi connectivity index (χ4v) is 6.49. The molecule has 0 rings (SSSR count). The number of carboxylic acids is 1. The number of carboxylic acid groups (broad SMARTS) is 1. The first-order valence-corrected chi connectivity index (χ1v) is 22.5. The first kappa shape index (κ1) is 52.6. The van der Waals surface area contributed by atoms with E-state index in [1.54, 1.807) is 21.1 Å². The summed E-state index contributed by atoms with van der Waals surface area (Å²) in [6.07, 6.45) is 43.1. The lowest BCUT2D eigenvalue weighted by molar-refractivity contribution is -0.889. The van der Waals surface area contributed by atoms with Gasteiger partial charge in [0.2, 0.25) is 0 Å². The van der Waals surface area contributed by atoms with Crippen molar-refractivity contribution in [2.45, 2.75) is 206 Å². The Morgan fingerprint density at radius 2 is 0.964 bits per heavy atom. The molecule has 0 bridgehead atoms. The zero-order valence-electron chi connectivity index (χ0n) is 36.3. The van der Waals surface area contributed by atoms with Crippen molar-refractivity contribution in [2.75, 3.05) is 41.0 Å². The molecule has 0 aliphatic carbocycles. The highest BCUT2D eigenvalue weighted by Gasteiger charge is 2.25. The molecule has 0 aromatic rings. The molecule has 0 heterocycles. The van der Waals surface area contributed by atoms with Crippen molar-refractivity contribution < 1.29 is 38.2 Å². The van der Waals surface area contributed by atoms with E-state index in [1.165, 1.54) is 109 Å². The van der Waals surface area contributed by atoms with Crippen LogP contribution in [0.5, 0.6) is 0 Å². The van der Waals surface area contributed by atoms with E-state index in [2.05, 4.69) is 50.3 Å². The summed E-state index contributed by atoms with van der Waals surface area (Å²) in [6, 6.07) is -0.723. The van der Waals surface area contributed by atoms with Crippen molar-refractivity contribution >= 4 is 17.9 Å². The maximum atomic E-state index is 12.6. The Kier molecular flexibility index (Phi) is 36.7. The molecule has 8 nitrogen and oxygen atoms in total. The summed E-state index contributed by atoms with van der Waals surface area (Å²) >= 11 is 0. The lowest BCUT2D eigenvalue weighted by atomic mass is 10.1. The summed E-state index contributed by atoms with van der Waals surface area (Å²) in [4.78, 5) is 36.7. The van der Waals surface area contributed by atoms with Crippen molar-refractivity contribution in [3.8, 4) is 0 Å². The SMILES string of the molecule is CCCCC/C=C/C/C=C/C/C=C/CCCCCCCCCCCC(=O)OCC(COCCC(C(=O)[O-])[N+](C)(C)C)OC(=O)CCCCCCCCCCC. The minimum Gasteiger partial charge on any atom is -0.544 e. The van der Waals surface area contributed by atoms with Gasteiger partial charge >= 0.3 is 11.9 Å². The molecule has 0 aliphatic rings. The third kappa shape index (κ3) is 36.9. The van der Waals surface area contributed by atoms with Crippen LogP contribution in [0.4, 0.5) is 0 Å². The normalized spacial score (nSPS) is 13.3. The number of carbonyl (C=O) groups excluding carboxylic acids is 3. The van der Waals surface area contributed by atoms with E-state index < -0.39 is 18.1 Å². The van der Waals surface area contributed by atoms with Gasteiger partial charge in [0.1, 0.15) is 12.6 Å². The van der Waals surface area contributed by atoms with Crippen LogP contribution >= 0.6 is 0 Å². The number of rotatable bonds is 40. The highest BCUT2D eigenvalue weighted by Crippen LogP contribution is 2.14. The number of aliphatic carboxylic acids is 1. The average Bonchev–Trinajstić information content (AvgIpc) is 3.14. The first-order valence-electron chi connectivity index (χ1n) is 22.5. The predicted octanol–water partition coefficient (Wildman–Crippen LogP) is 10.9. The Morgan fingerprint density at radius 1 is 0.545 bits per heavy atom. The second kappa shape index (κ2) is 38.4. The van der Waals surface area contributed by atoms with Gasteiger partial charge in [-0.2, -0.15) is 0 Å². The van der Waals surface area contributed by atoms with Crippen molar-refractivity contribution in [1.82, 2.24) is 0 Å². The van der Waals surface area contributed by atoms with E-state index in [1.807, 2.05) is 0 Å². The van der Waals surface area contributed by atoms with Gasteiger partial charge in [0.15, 0.2) is 6.10 Å². The molecule has 0 saturated heterocycles. The number of hydrogen-bond donors (Lipinski definition) is 0. The Hall–Kier alpha value is -2.45. The fourth-order valence-electron chi connectivity index (χ4n) is 6.49. The van der Waals surface area contributed by atoms with Crippen molar-refractivity contribution in [2.24, 2.45) is 0 Å². The molecular weight excluding hydrogens is 691 g/mol. The van der Waals surface area contributed by atoms with Gasteiger partial charge in [-0.1, -0.05) is 159 Å². The molecule has 0 radical (unpaired) electrons. The summed E-state index contributed by atoms with van der Waals surface area (Å²) in [5, 5.41) is 11.6. The molecule has 0 saturated carbocycles. The third-order valence-electron chi connectivity index (χ3n) is 10.0. The van der Waals surface area contributed by atoms with Crippen LogP contribution in [0, 0.1) is 0 Å².